The molecule has 0 aliphatic rings. The van der Waals surface area contributed by atoms with E-state index in [0.717, 1.165) is 18.2 Å². The molecule has 0 unspecified atom stereocenters. The van der Waals surface area contributed by atoms with Gasteiger partial charge in [0.1, 0.15) is 17.3 Å². The van der Waals surface area contributed by atoms with Gasteiger partial charge in [-0.3, -0.25) is 14.9 Å². The number of anilines is 1. The van der Waals surface area contributed by atoms with E-state index in [1.807, 2.05) is 0 Å². The minimum Gasteiger partial charge on any atom is -0.497 e. The van der Waals surface area contributed by atoms with E-state index in [0.29, 0.717) is 17.2 Å². The van der Waals surface area contributed by atoms with Crippen molar-refractivity contribution < 1.29 is 23.6 Å². The van der Waals surface area contributed by atoms with Crippen LogP contribution in [-0.2, 0) is 4.79 Å². The molecule has 2 aromatic rings. The Balaban J connectivity index is 2.21. The van der Waals surface area contributed by atoms with Crippen molar-refractivity contribution in [2.24, 2.45) is 0 Å². The molecule has 0 radical (unpaired) electrons. The van der Waals surface area contributed by atoms with Gasteiger partial charge in [0.25, 0.3) is 5.69 Å². The summed E-state index contributed by atoms with van der Waals surface area (Å²) < 4.78 is 23.3. The van der Waals surface area contributed by atoms with Crippen LogP contribution in [0, 0.1) is 15.9 Å². The van der Waals surface area contributed by atoms with Crippen molar-refractivity contribution >= 4 is 23.4 Å². The number of nitrogens with zero attached hydrogens (tertiary/aromatic N) is 1. The second-order valence-electron chi connectivity index (χ2n) is 4.85. The smallest absolute Gasteiger partial charge is 0.279 e. The van der Waals surface area contributed by atoms with Crippen LogP contribution in [0.3, 0.4) is 0 Å². The summed E-state index contributed by atoms with van der Waals surface area (Å²) >= 11 is 0. The van der Waals surface area contributed by atoms with E-state index in [9.17, 15) is 19.3 Å². The van der Waals surface area contributed by atoms with Crippen molar-refractivity contribution in [2.45, 2.75) is 0 Å². The Labute approximate surface area is 142 Å². The van der Waals surface area contributed by atoms with Gasteiger partial charge in [-0.2, -0.15) is 0 Å². The fourth-order valence-electron chi connectivity index (χ4n) is 2.07. The van der Waals surface area contributed by atoms with Gasteiger partial charge in [-0.15, -0.1) is 0 Å². The fourth-order valence-corrected chi connectivity index (χ4v) is 2.07. The first-order valence-electron chi connectivity index (χ1n) is 7.09. The van der Waals surface area contributed by atoms with Gasteiger partial charge in [-0.25, -0.2) is 4.39 Å². The van der Waals surface area contributed by atoms with Crippen molar-refractivity contribution in [1.82, 2.24) is 0 Å². The minimum atomic E-state index is -0.727. The van der Waals surface area contributed by atoms with Crippen molar-refractivity contribution in [3.8, 4) is 11.5 Å². The summed E-state index contributed by atoms with van der Waals surface area (Å²) in [5, 5.41) is 13.5. The molecule has 1 N–H and O–H groups in total. The number of nitrogens with one attached hydrogen (secondary N) is 1. The van der Waals surface area contributed by atoms with Gasteiger partial charge in [0.05, 0.1) is 36.5 Å². The van der Waals surface area contributed by atoms with Crippen LogP contribution in [-0.4, -0.2) is 25.1 Å². The summed E-state index contributed by atoms with van der Waals surface area (Å²) in [4.78, 5) is 22.3. The molecule has 2 rings (SSSR count). The standard InChI is InChI=1S/C17H15FN2O5/c1-24-13-6-7-16(25-2)14(10-13)19-17(21)8-4-11-3-5-12(18)9-15(11)20(22)23/h3-10H,1-2H3,(H,19,21). The molecule has 0 heterocycles. The topological polar surface area (TPSA) is 90.7 Å². The number of nitro benzene ring substituents is 1. The highest BCUT2D eigenvalue weighted by Gasteiger charge is 2.13. The molecule has 8 heteroatoms. The first-order valence-corrected chi connectivity index (χ1v) is 7.09. The predicted octanol–water partition coefficient (Wildman–Crippen LogP) is 3.40. The van der Waals surface area contributed by atoms with Gasteiger partial charge in [-0.05, 0) is 30.3 Å². The zero-order chi connectivity index (χ0) is 18.4. The average Bonchev–Trinajstić information content (AvgIpc) is 2.60. The Hall–Kier alpha value is -3.42. The third kappa shape index (κ3) is 4.54. The quantitative estimate of drug-likeness (QED) is 0.492. The number of rotatable bonds is 6. The monoisotopic (exact) mass is 346 g/mol. The molecule has 0 aliphatic carbocycles. The molecule has 0 bridgehead atoms. The second-order valence-corrected chi connectivity index (χ2v) is 4.85. The van der Waals surface area contributed by atoms with Gasteiger partial charge in [0, 0.05) is 12.1 Å². The molecule has 0 saturated heterocycles. The maximum atomic E-state index is 13.1. The lowest BCUT2D eigenvalue weighted by molar-refractivity contribution is -0.385. The third-order valence-electron chi connectivity index (χ3n) is 3.27. The highest BCUT2D eigenvalue weighted by molar-refractivity contribution is 6.03. The van der Waals surface area contributed by atoms with Crippen LogP contribution in [0.25, 0.3) is 6.08 Å². The summed E-state index contributed by atoms with van der Waals surface area (Å²) in [6, 6.07) is 7.97. The molecule has 25 heavy (non-hydrogen) atoms. The molecular weight excluding hydrogens is 331 g/mol. The minimum absolute atomic E-state index is 0.110. The number of carbonyl (C=O) groups is 1. The van der Waals surface area contributed by atoms with Crippen LogP contribution in [0.15, 0.2) is 42.5 Å². The number of benzene rings is 2. The number of methoxy groups -OCH3 is 2. The Morgan fingerprint density at radius 2 is 1.96 bits per heavy atom. The number of nitro groups is 1. The molecule has 130 valence electrons. The van der Waals surface area contributed by atoms with Crippen molar-refractivity contribution in [3.63, 3.8) is 0 Å². The van der Waals surface area contributed by atoms with Crippen LogP contribution in [0.4, 0.5) is 15.8 Å². The van der Waals surface area contributed by atoms with Gasteiger partial charge in [0.2, 0.25) is 5.91 Å². The van der Waals surface area contributed by atoms with Gasteiger partial charge in [0.15, 0.2) is 0 Å². The van der Waals surface area contributed by atoms with Crippen LogP contribution in [0.5, 0.6) is 11.5 Å². The highest BCUT2D eigenvalue weighted by Crippen LogP contribution is 2.29. The first-order chi connectivity index (χ1) is 11.9. The van der Waals surface area contributed by atoms with Gasteiger partial charge < -0.3 is 14.8 Å². The molecule has 0 spiro atoms. The van der Waals surface area contributed by atoms with E-state index in [1.165, 1.54) is 26.4 Å². The maximum absolute atomic E-state index is 13.1. The Bertz CT molecular complexity index is 836. The fraction of sp³-hybridized carbons (Fsp3) is 0.118. The SMILES string of the molecule is COc1ccc(OC)c(NC(=O)C=Cc2ccc(F)cc2[N+](=O)[O-])c1. The van der Waals surface area contributed by atoms with Gasteiger partial charge in [-0.1, -0.05) is 0 Å². The molecule has 7 nitrogen and oxygen atoms in total. The van der Waals surface area contributed by atoms with Crippen molar-refractivity contribution in [3.05, 3.63) is 64.0 Å². The lowest BCUT2D eigenvalue weighted by Crippen LogP contribution is -2.09. The van der Waals surface area contributed by atoms with Gasteiger partial charge >= 0.3 is 0 Å². The van der Waals surface area contributed by atoms with E-state index in [4.69, 9.17) is 9.47 Å². The second kappa shape index (κ2) is 7.91. The van der Waals surface area contributed by atoms with E-state index in [1.54, 1.807) is 18.2 Å². The zero-order valence-corrected chi connectivity index (χ0v) is 13.5. The Morgan fingerprint density at radius 3 is 2.60 bits per heavy atom. The predicted molar refractivity (Wildman–Crippen MR) is 90.3 cm³/mol. The van der Waals surface area contributed by atoms with Crippen molar-refractivity contribution in [1.29, 1.82) is 0 Å². The number of halogens is 1. The summed E-state index contributed by atoms with van der Waals surface area (Å²) in [5.74, 6) is -0.316. The molecular formula is C17H15FN2O5. The average molecular weight is 346 g/mol. The molecule has 2 aromatic carbocycles. The molecule has 0 aliphatic heterocycles. The van der Waals surface area contributed by atoms with E-state index >= 15 is 0 Å². The number of hydrogen-bond acceptors (Lipinski definition) is 5. The Morgan fingerprint density at radius 1 is 1.20 bits per heavy atom. The van der Waals surface area contributed by atoms with Crippen LogP contribution in [0.2, 0.25) is 0 Å². The Kier molecular flexibility index (Phi) is 5.67. The molecule has 0 aromatic heterocycles. The van der Waals surface area contributed by atoms with Crippen LogP contribution < -0.4 is 14.8 Å². The summed E-state index contributed by atoms with van der Waals surface area (Å²) in [6.45, 7) is 0. The molecule has 0 saturated carbocycles. The largest absolute Gasteiger partial charge is 0.497 e. The number of amides is 1. The number of carbonyl (C=O) groups excluding carboxylic acids is 1. The zero-order valence-electron chi connectivity index (χ0n) is 13.5. The lowest BCUT2D eigenvalue weighted by Gasteiger charge is -2.10. The summed E-state index contributed by atoms with van der Waals surface area (Å²) in [7, 11) is 2.94. The molecule has 1 amide bonds. The highest BCUT2D eigenvalue weighted by atomic mass is 19.1. The molecule has 0 fully saturated rings. The van der Waals surface area contributed by atoms with E-state index < -0.39 is 22.3 Å². The lowest BCUT2D eigenvalue weighted by atomic mass is 10.1. The number of hydrogen-bond donors (Lipinski definition) is 1. The summed E-state index contributed by atoms with van der Waals surface area (Å²) in [5.41, 5.74) is 0.0623. The van der Waals surface area contributed by atoms with E-state index in [-0.39, 0.29) is 5.56 Å². The normalized spacial score (nSPS) is 10.5. The first kappa shape index (κ1) is 17.9. The number of ether oxygens (including phenoxy) is 2. The molecule has 0 atom stereocenters. The van der Waals surface area contributed by atoms with Crippen LogP contribution in [0.1, 0.15) is 5.56 Å². The maximum Gasteiger partial charge on any atom is 0.279 e. The van der Waals surface area contributed by atoms with E-state index in [2.05, 4.69) is 5.32 Å². The van der Waals surface area contributed by atoms with Crippen LogP contribution >= 0.6 is 0 Å². The third-order valence-corrected chi connectivity index (χ3v) is 3.27. The van der Waals surface area contributed by atoms with Crippen molar-refractivity contribution in [2.75, 3.05) is 19.5 Å². The summed E-state index contributed by atoms with van der Waals surface area (Å²) in [6.07, 6.45) is 2.35.